The molecular formula is C16H21ClN2O4S2. The summed E-state index contributed by atoms with van der Waals surface area (Å²) in [6, 6.07) is 6.48. The van der Waals surface area contributed by atoms with Gasteiger partial charge < -0.3 is 10.5 Å². The molecule has 1 aromatic carbocycles. The first-order valence-electron chi connectivity index (χ1n) is 7.82. The van der Waals surface area contributed by atoms with E-state index in [-0.39, 0.29) is 23.8 Å². The van der Waals surface area contributed by atoms with E-state index in [9.17, 15) is 13.2 Å². The van der Waals surface area contributed by atoms with Crippen LogP contribution in [0.3, 0.4) is 0 Å². The molecule has 6 nitrogen and oxygen atoms in total. The highest BCUT2D eigenvalue weighted by atomic mass is 35.5. The fourth-order valence-electron chi connectivity index (χ4n) is 2.62. The summed E-state index contributed by atoms with van der Waals surface area (Å²) < 4.78 is 33.3. The topological polar surface area (TPSA) is 98.5 Å². The van der Waals surface area contributed by atoms with Gasteiger partial charge in [-0.05, 0) is 55.8 Å². The SMILES string of the molecule is CCOC(=O)c1cc2cc(S(=O)(=O)NCC3(N)CCC3)ccc2s1.Cl. The van der Waals surface area contributed by atoms with Crippen LogP contribution in [0.4, 0.5) is 0 Å². The normalized spacial score (nSPS) is 16.1. The Kier molecular flexibility index (Phi) is 6.11. The number of fused-ring (bicyclic) bond motifs is 1. The zero-order valence-corrected chi connectivity index (χ0v) is 16.2. The van der Waals surface area contributed by atoms with Crippen LogP contribution in [-0.4, -0.2) is 33.1 Å². The summed E-state index contributed by atoms with van der Waals surface area (Å²) in [5, 5.41) is 0.706. The van der Waals surface area contributed by atoms with Crippen molar-refractivity contribution in [1.29, 1.82) is 0 Å². The number of sulfonamides is 1. The molecule has 0 atom stereocenters. The third-order valence-electron chi connectivity index (χ3n) is 4.24. The van der Waals surface area contributed by atoms with Gasteiger partial charge >= 0.3 is 5.97 Å². The average Bonchev–Trinajstić information content (AvgIpc) is 2.94. The third kappa shape index (κ3) is 4.32. The van der Waals surface area contributed by atoms with Gasteiger partial charge in [0.2, 0.25) is 10.0 Å². The largest absolute Gasteiger partial charge is 0.462 e. The Bertz CT molecular complexity index is 875. The Morgan fingerprint density at radius 3 is 2.68 bits per heavy atom. The van der Waals surface area contributed by atoms with Crippen LogP contribution in [0.25, 0.3) is 10.1 Å². The van der Waals surface area contributed by atoms with Crippen molar-refractivity contribution in [3.05, 3.63) is 29.1 Å². The molecule has 25 heavy (non-hydrogen) atoms. The lowest BCUT2D eigenvalue weighted by Gasteiger charge is -2.37. The van der Waals surface area contributed by atoms with Gasteiger partial charge in [-0.25, -0.2) is 17.9 Å². The minimum atomic E-state index is -3.62. The first-order chi connectivity index (χ1) is 11.3. The lowest BCUT2D eigenvalue weighted by molar-refractivity contribution is 0.0532. The van der Waals surface area contributed by atoms with Gasteiger partial charge in [-0.2, -0.15) is 0 Å². The number of halogens is 1. The molecule has 0 saturated heterocycles. The van der Waals surface area contributed by atoms with E-state index >= 15 is 0 Å². The molecule has 1 aromatic heterocycles. The van der Waals surface area contributed by atoms with Gasteiger partial charge in [-0.3, -0.25) is 0 Å². The molecule has 0 spiro atoms. The molecule has 9 heteroatoms. The van der Waals surface area contributed by atoms with Gasteiger partial charge in [0.25, 0.3) is 0 Å². The smallest absolute Gasteiger partial charge is 0.348 e. The molecule has 0 radical (unpaired) electrons. The Hall–Kier alpha value is -1.19. The zero-order chi connectivity index (χ0) is 17.4. The highest BCUT2D eigenvalue weighted by molar-refractivity contribution is 7.89. The van der Waals surface area contributed by atoms with E-state index in [4.69, 9.17) is 10.5 Å². The van der Waals surface area contributed by atoms with Crippen LogP contribution in [0.2, 0.25) is 0 Å². The third-order valence-corrected chi connectivity index (χ3v) is 6.73. The quantitative estimate of drug-likeness (QED) is 0.721. The van der Waals surface area contributed by atoms with E-state index in [0.29, 0.717) is 16.9 Å². The molecule has 1 fully saturated rings. The molecule has 1 heterocycles. The number of hydrogen-bond donors (Lipinski definition) is 2. The van der Waals surface area contributed by atoms with Crippen molar-refractivity contribution in [2.75, 3.05) is 13.2 Å². The van der Waals surface area contributed by atoms with Crippen LogP contribution in [0, 0.1) is 0 Å². The van der Waals surface area contributed by atoms with Gasteiger partial charge in [0.05, 0.1) is 11.5 Å². The van der Waals surface area contributed by atoms with Gasteiger partial charge in [0.1, 0.15) is 4.88 Å². The van der Waals surface area contributed by atoms with Crippen molar-refractivity contribution in [2.45, 2.75) is 36.6 Å². The van der Waals surface area contributed by atoms with E-state index in [2.05, 4.69) is 4.72 Å². The molecule has 0 aliphatic heterocycles. The molecule has 1 saturated carbocycles. The minimum absolute atomic E-state index is 0. The van der Waals surface area contributed by atoms with Crippen molar-refractivity contribution in [3.8, 4) is 0 Å². The average molecular weight is 405 g/mol. The molecule has 3 rings (SSSR count). The number of carbonyl (C=O) groups is 1. The highest BCUT2D eigenvalue weighted by Gasteiger charge is 2.33. The van der Waals surface area contributed by atoms with Crippen molar-refractivity contribution in [2.24, 2.45) is 5.73 Å². The first kappa shape index (κ1) is 20.1. The standard InChI is InChI=1S/C16H20N2O4S2.ClH/c1-2-22-15(19)14-9-11-8-12(4-5-13(11)23-14)24(20,21)18-10-16(17)6-3-7-16;/h4-5,8-9,18H,2-3,6-7,10,17H2,1H3;1H. The van der Waals surface area contributed by atoms with Crippen LogP contribution in [0.15, 0.2) is 29.2 Å². The van der Waals surface area contributed by atoms with Gasteiger partial charge in [0, 0.05) is 16.8 Å². The fraction of sp³-hybridized carbons (Fsp3) is 0.438. The van der Waals surface area contributed by atoms with Crippen LogP contribution in [0.1, 0.15) is 35.9 Å². The van der Waals surface area contributed by atoms with Crippen LogP contribution in [-0.2, 0) is 14.8 Å². The van der Waals surface area contributed by atoms with E-state index in [1.165, 1.54) is 11.3 Å². The maximum atomic E-state index is 12.5. The fourth-order valence-corrected chi connectivity index (χ4v) is 4.73. The maximum Gasteiger partial charge on any atom is 0.348 e. The maximum absolute atomic E-state index is 12.5. The van der Waals surface area contributed by atoms with Gasteiger partial charge in [0.15, 0.2) is 0 Å². The van der Waals surface area contributed by atoms with Gasteiger partial charge in [-0.1, -0.05) is 0 Å². The van der Waals surface area contributed by atoms with Crippen LogP contribution < -0.4 is 10.5 Å². The second-order valence-electron chi connectivity index (χ2n) is 6.07. The second kappa shape index (κ2) is 7.59. The molecule has 2 aromatic rings. The minimum Gasteiger partial charge on any atom is -0.462 e. The molecule has 0 unspecified atom stereocenters. The van der Waals surface area contributed by atoms with Crippen molar-refractivity contribution in [3.63, 3.8) is 0 Å². The number of ether oxygens (including phenoxy) is 1. The predicted molar refractivity (Wildman–Crippen MR) is 101 cm³/mol. The molecule has 1 aliphatic carbocycles. The number of nitrogens with one attached hydrogen (secondary N) is 1. The van der Waals surface area contributed by atoms with E-state index < -0.39 is 21.5 Å². The second-order valence-corrected chi connectivity index (χ2v) is 8.92. The van der Waals surface area contributed by atoms with Crippen molar-refractivity contribution in [1.82, 2.24) is 4.72 Å². The number of benzene rings is 1. The first-order valence-corrected chi connectivity index (χ1v) is 10.1. The lowest BCUT2D eigenvalue weighted by Crippen LogP contribution is -2.54. The van der Waals surface area contributed by atoms with Crippen LogP contribution in [0.5, 0.6) is 0 Å². The van der Waals surface area contributed by atoms with E-state index in [1.807, 2.05) is 0 Å². The lowest BCUT2D eigenvalue weighted by atomic mass is 9.78. The van der Waals surface area contributed by atoms with E-state index in [1.54, 1.807) is 31.2 Å². The Morgan fingerprint density at radius 1 is 1.36 bits per heavy atom. The van der Waals surface area contributed by atoms with Gasteiger partial charge in [-0.15, -0.1) is 23.7 Å². The Labute approximate surface area is 157 Å². The summed E-state index contributed by atoms with van der Waals surface area (Å²) in [5.41, 5.74) is 5.65. The summed E-state index contributed by atoms with van der Waals surface area (Å²) >= 11 is 1.29. The molecule has 0 amide bonds. The summed E-state index contributed by atoms with van der Waals surface area (Å²) in [6.45, 7) is 2.29. The highest BCUT2D eigenvalue weighted by Crippen LogP contribution is 2.30. The predicted octanol–water partition coefficient (Wildman–Crippen LogP) is 2.66. The summed E-state index contributed by atoms with van der Waals surface area (Å²) in [5.74, 6) is -0.392. The van der Waals surface area contributed by atoms with Crippen molar-refractivity contribution >= 4 is 49.8 Å². The van der Waals surface area contributed by atoms with Crippen molar-refractivity contribution < 1.29 is 17.9 Å². The number of nitrogens with two attached hydrogens (primary N) is 1. The number of esters is 1. The number of thiophene rings is 1. The molecular weight excluding hydrogens is 384 g/mol. The zero-order valence-electron chi connectivity index (χ0n) is 13.8. The molecule has 138 valence electrons. The summed E-state index contributed by atoms with van der Waals surface area (Å²) in [4.78, 5) is 12.4. The summed E-state index contributed by atoms with van der Waals surface area (Å²) in [7, 11) is -3.62. The van der Waals surface area contributed by atoms with Crippen LogP contribution >= 0.6 is 23.7 Å². The molecule has 0 bridgehead atoms. The Morgan fingerprint density at radius 2 is 2.08 bits per heavy atom. The Balaban J connectivity index is 0.00000225. The van der Waals surface area contributed by atoms with E-state index in [0.717, 1.165) is 24.0 Å². The monoisotopic (exact) mass is 404 g/mol. The molecule has 3 N–H and O–H groups in total. The number of hydrogen-bond acceptors (Lipinski definition) is 6. The summed E-state index contributed by atoms with van der Waals surface area (Å²) in [6.07, 6.45) is 2.71. The number of carbonyl (C=O) groups excluding carboxylic acids is 1. The number of rotatable bonds is 6. The molecule has 1 aliphatic rings.